The Balaban J connectivity index is 2.62. The second-order valence-electron chi connectivity index (χ2n) is 4.21. The minimum atomic E-state index is -0.674. The van der Waals surface area contributed by atoms with Gasteiger partial charge in [-0.2, -0.15) is 0 Å². The van der Waals surface area contributed by atoms with Gasteiger partial charge in [-0.25, -0.2) is 4.39 Å². The molecule has 0 saturated heterocycles. The summed E-state index contributed by atoms with van der Waals surface area (Å²) in [6, 6.07) is 4.74. The van der Waals surface area contributed by atoms with Gasteiger partial charge in [0.25, 0.3) is 0 Å². The van der Waals surface area contributed by atoms with Crippen LogP contribution >= 0.6 is 11.6 Å². The smallest absolute Gasteiger partial charge is 0.144 e. The fraction of sp³-hybridized carbons (Fsp3) is 0.462. The van der Waals surface area contributed by atoms with Crippen LogP contribution in [-0.4, -0.2) is 17.0 Å². The molecule has 0 amide bonds. The van der Waals surface area contributed by atoms with Crippen LogP contribution in [0.3, 0.4) is 0 Å². The standard InChI is InChI=1S/C13H16ClFO2/c1-8(9(2)16)12(17)7-6-10-4-3-5-11(14)13(10)15/h3-5,8-9,16H,6-7H2,1-2H3/t8-,9?/m0/s1. The normalized spacial score (nSPS) is 14.4. The predicted molar refractivity (Wildman–Crippen MR) is 65.6 cm³/mol. The third kappa shape index (κ3) is 3.79. The van der Waals surface area contributed by atoms with Crippen molar-refractivity contribution in [2.45, 2.75) is 32.8 Å². The van der Waals surface area contributed by atoms with Crippen LogP contribution in [0.1, 0.15) is 25.8 Å². The lowest BCUT2D eigenvalue weighted by Gasteiger charge is -2.13. The highest BCUT2D eigenvalue weighted by Crippen LogP contribution is 2.19. The van der Waals surface area contributed by atoms with Crippen molar-refractivity contribution in [2.24, 2.45) is 5.92 Å². The zero-order chi connectivity index (χ0) is 13.0. The summed E-state index contributed by atoms with van der Waals surface area (Å²) in [5.74, 6) is -0.955. The van der Waals surface area contributed by atoms with E-state index < -0.39 is 17.8 Å². The Bertz CT molecular complexity index is 404. The molecule has 0 aliphatic carbocycles. The van der Waals surface area contributed by atoms with E-state index in [4.69, 9.17) is 11.6 Å². The molecule has 0 heterocycles. The second kappa shape index (κ2) is 6.12. The topological polar surface area (TPSA) is 37.3 Å². The Morgan fingerprint density at radius 2 is 2.12 bits per heavy atom. The van der Waals surface area contributed by atoms with Crippen LogP contribution in [0.2, 0.25) is 5.02 Å². The van der Waals surface area contributed by atoms with Gasteiger partial charge in [-0.3, -0.25) is 4.79 Å². The summed E-state index contributed by atoms with van der Waals surface area (Å²) in [6.45, 7) is 3.24. The predicted octanol–water partition coefficient (Wildman–Crippen LogP) is 3.00. The van der Waals surface area contributed by atoms with Crippen molar-refractivity contribution in [3.8, 4) is 0 Å². The van der Waals surface area contributed by atoms with E-state index in [0.29, 0.717) is 12.0 Å². The lowest BCUT2D eigenvalue weighted by atomic mass is 9.95. The van der Waals surface area contributed by atoms with E-state index in [-0.39, 0.29) is 17.2 Å². The number of aliphatic hydroxyl groups excluding tert-OH is 1. The molecule has 1 N–H and O–H groups in total. The minimum Gasteiger partial charge on any atom is -0.393 e. The number of rotatable bonds is 5. The third-order valence-electron chi connectivity index (χ3n) is 2.90. The quantitative estimate of drug-likeness (QED) is 0.882. The van der Waals surface area contributed by atoms with E-state index >= 15 is 0 Å². The fourth-order valence-corrected chi connectivity index (χ4v) is 1.69. The molecule has 1 aromatic carbocycles. The highest BCUT2D eigenvalue weighted by Gasteiger charge is 2.18. The number of Topliss-reactive ketones (excluding diaryl/α,β-unsaturated/α-hetero) is 1. The van der Waals surface area contributed by atoms with Crippen molar-refractivity contribution in [2.75, 3.05) is 0 Å². The van der Waals surface area contributed by atoms with E-state index in [1.54, 1.807) is 26.0 Å². The fourth-order valence-electron chi connectivity index (χ4n) is 1.50. The molecule has 0 spiro atoms. The summed E-state index contributed by atoms with van der Waals surface area (Å²) >= 11 is 5.64. The van der Waals surface area contributed by atoms with E-state index in [0.717, 1.165) is 0 Å². The number of carbonyl (C=O) groups is 1. The summed E-state index contributed by atoms with van der Waals surface area (Å²) in [6.07, 6.45) is -0.155. The van der Waals surface area contributed by atoms with Crippen molar-refractivity contribution >= 4 is 17.4 Å². The SMILES string of the molecule is CC(O)[C@H](C)C(=O)CCc1cccc(Cl)c1F. The number of halogens is 2. The average Bonchev–Trinajstić information content (AvgIpc) is 2.29. The molecule has 0 aliphatic heterocycles. The van der Waals surface area contributed by atoms with Crippen LogP contribution in [0.5, 0.6) is 0 Å². The maximum absolute atomic E-state index is 13.5. The van der Waals surface area contributed by atoms with Crippen molar-refractivity contribution in [1.82, 2.24) is 0 Å². The number of ketones is 1. The largest absolute Gasteiger partial charge is 0.393 e. The molecule has 0 radical (unpaired) electrons. The Morgan fingerprint density at radius 3 is 2.71 bits per heavy atom. The first-order valence-corrected chi connectivity index (χ1v) is 5.95. The molecule has 1 unspecified atom stereocenters. The van der Waals surface area contributed by atoms with Crippen LogP contribution < -0.4 is 0 Å². The summed E-state index contributed by atoms with van der Waals surface area (Å²) in [5.41, 5.74) is 0.434. The van der Waals surface area contributed by atoms with Gasteiger partial charge in [0.15, 0.2) is 0 Å². The molecule has 0 aromatic heterocycles. The molecule has 17 heavy (non-hydrogen) atoms. The Labute approximate surface area is 105 Å². The molecule has 94 valence electrons. The monoisotopic (exact) mass is 258 g/mol. The van der Waals surface area contributed by atoms with Gasteiger partial charge >= 0.3 is 0 Å². The van der Waals surface area contributed by atoms with Gasteiger partial charge in [0, 0.05) is 12.3 Å². The molecule has 0 bridgehead atoms. The van der Waals surface area contributed by atoms with E-state index in [1.165, 1.54) is 6.07 Å². The van der Waals surface area contributed by atoms with E-state index in [9.17, 15) is 14.3 Å². The number of aliphatic hydroxyl groups is 1. The number of hydrogen-bond donors (Lipinski definition) is 1. The van der Waals surface area contributed by atoms with Crippen LogP contribution in [0, 0.1) is 11.7 Å². The van der Waals surface area contributed by atoms with Crippen molar-refractivity contribution in [3.05, 3.63) is 34.6 Å². The molecule has 0 aliphatic rings. The first-order chi connectivity index (χ1) is 7.93. The third-order valence-corrected chi connectivity index (χ3v) is 3.20. The molecule has 2 nitrogen and oxygen atoms in total. The molecule has 0 saturated carbocycles. The average molecular weight is 259 g/mol. The van der Waals surface area contributed by atoms with Gasteiger partial charge in [0.05, 0.1) is 11.1 Å². The lowest BCUT2D eigenvalue weighted by molar-refractivity contribution is -0.125. The number of hydrogen-bond acceptors (Lipinski definition) is 2. The Hall–Kier alpha value is -0.930. The Kier molecular flexibility index (Phi) is 5.09. The molecule has 1 aromatic rings. The van der Waals surface area contributed by atoms with Gasteiger partial charge in [-0.05, 0) is 25.0 Å². The molecule has 2 atom stereocenters. The highest BCUT2D eigenvalue weighted by atomic mass is 35.5. The maximum Gasteiger partial charge on any atom is 0.144 e. The molecule has 1 rings (SSSR count). The van der Waals surface area contributed by atoms with Gasteiger partial charge in [0.1, 0.15) is 11.6 Å². The van der Waals surface area contributed by atoms with Crippen molar-refractivity contribution in [1.29, 1.82) is 0 Å². The molecule has 4 heteroatoms. The van der Waals surface area contributed by atoms with Gasteiger partial charge in [-0.1, -0.05) is 30.7 Å². The minimum absolute atomic E-state index is 0.0681. The number of aryl methyl sites for hydroxylation is 1. The van der Waals surface area contributed by atoms with Gasteiger partial charge in [0.2, 0.25) is 0 Å². The highest BCUT2D eigenvalue weighted by molar-refractivity contribution is 6.30. The van der Waals surface area contributed by atoms with Crippen LogP contribution in [0.15, 0.2) is 18.2 Å². The zero-order valence-corrected chi connectivity index (χ0v) is 10.7. The second-order valence-corrected chi connectivity index (χ2v) is 4.62. The zero-order valence-electron chi connectivity index (χ0n) is 9.91. The summed E-state index contributed by atoms with van der Waals surface area (Å²) < 4.78 is 13.5. The molecule has 0 fully saturated rings. The maximum atomic E-state index is 13.5. The Morgan fingerprint density at radius 1 is 1.47 bits per heavy atom. The van der Waals surface area contributed by atoms with Crippen molar-refractivity contribution in [3.63, 3.8) is 0 Å². The molecular weight excluding hydrogens is 243 g/mol. The van der Waals surface area contributed by atoms with Crippen LogP contribution in [0.25, 0.3) is 0 Å². The van der Waals surface area contributed by atoms with Crippen molar-refractivity contribution < 1.29 is 14.3 Å². The van der Waals surface area contributed by atoms with Crippen LogP contribution in [0.4, 0.5) is 4.39 Å². The summed E-state index contributed by atoms with van der Waals surface area (Å²) in [5, 5.41) is 9.34. The number of benzene rings is 1. The van der Waals surface area contributed by atoms with Gasteiger partial charge in [-0.15, -0.1) is 0 Å². The summed E-state index contributed by atoms with van der Waals surface area (Å²) in [7, 11) is 0. The summed E-state index contributed by atoms with van der Waals surface area (Å²) in [4.78, 5) is 11.6. The number of carbonyl (C=O) groups excluding carboxylic acids is 1. The lowest BCUT2D eigenvalue weighted by Crippen LogP contribution is -2.23. The van der Waals surface area contributed by atoms with Gasteiger partial charge < -0.3 is 5.11 Å². The van der Waals surface area contributed by atoms with E-state index in [1.807, 2.05) is 0 Å². The first kappa shape index (κ1) is 14.1. The first-order valence-electron chi connectivity index (χ1n) is 5.57. The molecular formula is C13H16ClFO2. The van der Waals surface area contributed by atoms with E-state index in [2.05, 4.69) is 0 Å². The van der Waals surface area contributed by atoms with Crippen LogP contribution in [-0.2, 0) is 11.2 Å².